The van der Waals surface area contributed by atoms with Gasteiger partial charge in [-0.2, -0.15) is 0 Å². The van der Waals surface area contributed by atoms with Crippen LogP contribution < -0.4 is 0 Å². The number of nitrogens with zero attached hydrogens (tertiary/aromatic N) is 3. The first kappa shape index (κ1) is 25.9. The van der Waals surface area contributed by atoms with Crippen LogP contribution in [0, 0.1) is 20.8 Å². The number of aromatic nitrogens is 2. The van der Waals surface area contributed by atoms with Crippen LogP contribution in [-0.2, 0) is 20.9 Å². The molecular formula is C27H34ClN3O3. The summed E-state index contributed by atoms with van der Waals surface area (Å²) in [6, 6.07) is 7.58. The largest absolute Gasteiger partial charge is 0.360 e. The van der Waals surface area contributed by atoms with Crippen molar-refractivity contribution in [1.82, 2.24) is 14.5 Å². The number of hydrogen-bond acceptors (Lipinski definition) is 4. The third kappa shape index (κ3) is 5.03. The van der Waals surface area contributed by atoms with Crippen molar-refractivity contribution in [2.24, 2.45) is 0 Å². The predicted molar refractivity (Wildman–Crippen MR) is 137 cm³/mol. The molecular weight excluding hydrogens is 450 g/mol. The van der Waals surface area contributed by atoms with Crippen LogP contribution in [0.1, 0.15) is 56.3 Å². The molecule has 1 atom stereocenters. The zero-order valence-corrected chi connectivity index (χ0v) is 22.3. The number of Topliss-reactive ketones (excluding diaryl/α,β-unsaturated/α-hetero) is 1. The molecule has 2 aromatic heterocycles. The Morgan fingerprint density at radius 2 is 1.71 bits per heavy atom. The van der Waals surface area contributed by atoms with Crippen molar-refractivity contribution >= 4 is 34.3 Å². The zero-order chi connectivity index (χ0) is 25.5. The fraction of sp³-hybridized carbons (Fsp3) is 0.444. The summed E-state index contributed by atoms with van der Waals surface area (Å²) in [7, 11) is 3.49. The van der Waals surface area contributed by atoms with E-state index in [4.69, 9.17) is 21.3 Å². The second-order valence-corrected chi connectivity index (χ2v) is 10.4. The number of benzene rings is 1. The molecule has 0 radical (unpaired) electrons. The number of fused-ring (bicyclic) bond motifs is 1. The van der Waals surface area contributed by atoms with Crippen LogP contribution in [0.15, 0.2) is 24.3 Å². The van der Waals surface area contributed by atoms with Crippen LogP contribution in [-0.4, -0.2) is 45.8 Å². The molecule has 0 saturated carbocycles. The van der Waals surface area contributed by atoms with Gasteiger partial charge in [-0.3, -0.25) is 9.59 Å². The summed E-state index contributed by atoms with van der Waals surface area (Å²) in [6.45, 7) is 13.5. The molecule has 0 unspecified atom stereocenters. The second kappa shape index (κ2) is 9.51. The Morgan fingerprint density at radius 1 is 1.12 bits per heavy atom. The summed E-state index contributed by atoms with van der Waals surface area (Å²) < 4.78 is 8.25. The van der Waals surface area contributed by atoms with Gasteiger partial charge in [-0.15, -0.1) is 0 Å². The molecule has 0 fully saturated rings. The van der Waals surface area contributed by atoms with Crippen molar-refractivity contribution in [3.63, 3.8) is 0 Å². The fourth-order valence-electron chi connectivity index (χ4n) is 4.20. The van der Waals surface area contributed by atoms with Crippen molar-refractivity contribution in [3.05, 3.63) is 51.8 Å². The van der Waals surface area contributed by atoms with E-state index in [9.17, 15) is 9.59 Å². The van der Waals surface area contributed by atoms with E-state index in [-0.39, 0.29) is 18.2 Å². The highest BCUT2D eigenvalue weighted by Gasteiger charge is 2.32. The number of ketones is 1. The van der Waals surface area contributed by atoms with E-state index in [1.54, 1.807) is 25.9 Å². The van der Waals surface area contributed by atoms with Crippen LogP contribution in [0.4, 0.5) is 0 Å². The highest BCUT2D eigenvalue weighted by atomic mass is 35.5. The van der Waals surface area contributed by atoms with Crippen molar-refractivity contribution in [2.75, 3.05) is 14.1 Å². The molecule has 182 valence electrons. The first-order valence-corrected chi connectivity index (χ1v) is 11.7. The topological polar surface area (TPSA) is 64.4 Å². The molecule has 3 aromatic rings. The molecule has 0 saturated heterocycles. The predicted octanol–water partition coefficient (Wildman–Crippen LogP) is 5.82. The molecule has 0 bridgehead atoms. The minimum absolute atomic E-state index is 0.0192. The van der Waals surface area contributed by atoms with E-state index in [1.807, 2.05) is 70.4 Å². The average Bonchev–Trinajstić information content (AvgIpc) is 2.95. The van der Waals surface area contributed by atoms with Crippen LogP contribution in [0.25, 0.3) is 22.2 Å². The number of carbonyl (C=O) groups excluding carboxylic acids is 2. The maximum Gasteiger partial charge on any atom is 0.242 e. The Kier molecular flexibility index (Phi) is 7.25. The third-order valence-corrected chi connectivity index (χ3v) is 6.26. The fourth-order valence-corrected chi connectivity index (χ4v) is 4.33. The third-order valence-electron chi connectivity index (χ3n) is 6.01. The van der Waals surface area contributed by atoms with Gasteiger partial charge in [0.1, 0.15) is 18.3 Å². The van der Waals surface area contributed by atoms with Gasteiger partial charge in [-0.25, -0.2) is 4.98 Å². The minimum Gasteiger partial charge on any atom is -0.360 e. The summed E-state index contributed by atoms with van der Waals surface area (Å²) in [5, 5.41) is 1.54. The lowest BCUT2D eigenvalue weighted by molar-refractivity contribution is -0.138. The second-order valence-electron chi connectivity index (χ2n) is 10.00. The van der Waals surface area contributed by atoms with E-state index in [0.29, 0.717) is 10.7 Å². The van der Waals surface area contributed by atoms with Gasteiger partial charge in [0.05, 0.1) is 5.60 Å². The lowest BCUT2D eigenvalue weighted by Gasteiger charge is -2.29. The van der Waals surface area contributed by atoms with E-state index in [0.717, 1.165) is 39.0 Å². The van der Waals surface area contributed by atoms with Gasteiger partial charge in [0.25, 0.3) is 0 Å². The van der Waals surface area contributed by atoms with E-state index < -0.39 is 11.7 Å². The van der Waals surface area contributed by atoms with E-state index in [1.165, 1.54) is 0 Å². The van der Waals surface area contributed by atoms with Gasteiger partial charge in [0.2, 0.25) is 5.91 Å². The van der Waals surface area contributed by atoms with Gasteiger partial charge >= 0.3 is 0 Å². The number of carbonyl (C=O) groups is 2. The highest BCUT2D eigenvalue weighted by molar-refractivity contribution is 6.30. The molecule has 0 N–H and O–H groups in total. The SMILES string of the molecule is CC(=O)[C@@H](OC(C)(C)C)c1c(C)nc2c(c(C)c(C)n2CC(=O)N(C)C)c1-c1ccc(Cl)cc1. The molecule has 1 amide bonds. The highest BCUT2D eigenvalue weighted by Crippen LogP contribution is 2.42. The summed E-state index contributed by atoms with van der Waals surface area (Å²) >= 11 is 6.20. The van der Waals surface area contributed by atoms with Crippen molar-refractivity contribution < 1.29 is 14.3 Å². The van der Waals surface area contributed by atoms with Crippen molar-refractivity contribution in [1.29, 1.82) is 0 Å². The first-order chi connectivity index (χ1) is 15.7. The van der Waals surface area contributed by atoms with Crippen LogP contribution in [0.2, 0.25) is 5.02 Å². The number of amides is 1. The van der Waals surface area contributed by atoms with Gasteiger partial charge < -0.3 is 14.2 Å². The molecule has 2 heterocycles. The Labute approximate surface area is 206 Å². The zero-order valence-electron chi connectivity index (χ0n) is 21.5. The number of likely N-dealkylation sites (N-methyl/N-ethyl adjacent to an activating group) is 1. The van der Waals surface area contributed by atoms with Crippen molar-refractivity contribution in [3.8, 4) is 11.1 Å². The monoisotopic (exact) mass is 483 g/mol. The summed E-state index contributed by atoms with van der Waals surface area (Å²) in [5.41, 5.74) is 5.39. The normalized spacial score (nSPS) is 12.8. The average molecular weight is 484 g/mol. The maximum absolute atomic E-state index is 12.9. The molecule has 0 aliphatic rings. The van der Waals surface area contributed by atoms with Gasteiger partial charge in [-0.1, -0.05) is 23.7 Å². The Balaban J connectivity index is 2.45. The number of rotatable bonds is 6. The maximum atomic E-state index is 12.9. The summed E-state index contributed by atoms with van der Waals surface area (Å²) in [4.78, 5) is 32.0. The Hall–Kier alpha value is -2.70. The standard InChI is InChI=1S/C27H34ClN3O3/c1-15-17(3)31(14-21(33)30(8)9)26-22(15)24(19-10-12-20(28)13-11-19)23(16(2)29-26)25(18(4)32)34-27(5,6)7/h10-13,25H,14H2,1-9H3/t25-/m1/s1. The molecule has 0 spiro atoms. The smallest absolute Gasteiger partial charge is 0.242 e. The van der Waals surface area contributed by atoms with E-state index >= 15 is 0 Å². The molecule has 7 heteroatoms. The molecule has 0 aliphatic carbocycles. The number of aryl methyl sites for hydroxylation is 2. The van der Waals surface area contributed by atoms with Gasteiger partial charge in [-0.05, 0) is 71.7 Å². The summed E-state index contributed by atoms with van der Waals surface area (Å²) in [5.74, 6) is -0.111. The molecule has 34 heavy (non-hydrogen) atoms. The number of halogens is 1. The molecule has 6 nitrogen and oxygen atoms in total. The molecule has 3 rings (SSSR count). The lowest BCUT2D eigenvalue weighted by Crippen LogP contribution is -2.28. The quantitative estimate of drug-likeness (QED) is 0.443. The number of pyridine rings is 1. The molecule has 0 aliphatic heterocycles. The lowest BCUT2D eigenvalue weighted by atomic mass is 9.90. The Bertz CT molecular complexity index is 1250. The molecule has 1 aromatic carbocycles. The summed E-state index contributed by atoms with van der Waals surface area (Å²) in [6.07, 6.45) is -0.783. The Morgan fingerprint density at radius 3 is 2.21 bits per heavy atom. The van der Waals surface area contributed by atoms with Crippen LogP contribution in [0.5, 0.6) is 0 Å². The van der Waals surface area contributed by atoms with Gasteiger partial charge in [0, 0.05) is 47.0 Å². The number of ether oxygens (including phenoxy) is 1. The van der Waals surface area contributed by atoms with Gasteiger partial charge in [0.15, 0.2) is 5.78 Å². The van der Waals surface area contributed by atoms with Crippen molar-refractivity contribution in [2.45, 2.75) is 66.7 Å². The van der Waals surface area contributed by atoms with Crippen LogP contribution >= 0.6 is 11.6 Å². The minimum atomic E-state index is -0.783. The first-order valence-electron chi connectivity index (χ1n) is 11.4. The van der Waals surface area contributed by atoms with Crippen LogP contribution in [0.3, 0.4) is 0 Å². The van der Waals surface area contributed by atoms with E-state index in [2.05, 4.69) is 0 Å². The number of hydrogen-bond donors (Lipinski definition) is 0.